The monoisotopic (exact) mass is 154 g/mol. The van der Waals surface area contributed by atoms with Gasteiger partial charge in [0.25, 0.3) is 0 Å². The largest absolute Gasteiger partial charge is 0.393 e. The summed E-state index contributed by atoms with van der Waals surface area (Å²) in [6.45, 7) is 1.89. The number of hydrogen-bond donors (Lipinski definition) is 1. The maximum absolute atomic E-state index is 9.61. The van der Waals surface area contributed by atoms with Crippen molar-refractivity contribution in [1.29, 1.82) is 0 Å². The van der Waals surface area contributed by atoms with Crippen molar-refractivity contribution in [2.75, 3.05) is 13.2 Å². The molecule has 2 nitrogen and oxygen atoms in total. The molecule has 0 amide bonds. The van der Waals surface area contributed by atoms with Crippen molar-refractivity contribution in [3.05, 3.63) is 0 Å². The van der Waals surface area contributed by atoms with Crippen molar-refractivity contribution < 1.29 is 9.84 Å². The van der Waals surface area contributed by atoms with Crippen molar-refractivity contribution in [3.8, 4) is 0 Å². The first-order valence-electron chi connectivity index (χ1n) is 4.62. The molecular weight excluding hydrogens is 140 g/mol. The van der Waals surface area contributed by atoms with Gasteiger partial charge in [-0.05, 0) is 36.5 Å². The molecule has 0 aromatic carbocycles. The topological polar surface area (TPSA) is 29.5 Å². The maximum Gasteiger partial charge on any atom is 0.0574 e. The van der Waals surface area contributed by atoms with Crippen molar-refractivity contribution in [2.45, 2.75) is 18.9 Å². The minimum atomic E-state index is 0.00273. The van der Waals surface area contributed by atoms with E-state index in [1.54, 1.807) is 0 Å². The number of rotatable bonds is 0. The highest BCUT2D eigenvalue weighted by atomic mass is 16.5. The average molecular weight is 154 g/mol. The molecule has 0 aromatic heterocycles. The summed E-state index contributed by atoms with van der Waals surface area (Å²) in [4.78, 5) is 0. The molecule has 5 atom stereocenters. The molecule has 1 heterocycles. The molecule has 62 valence electrons. The van der Waals surface area contributed by atoms with Crippen LogP contribution in [0.25, 0.3) is 0 Å². The second-order valence-corrected chi connectivity index (χ2v) is 4.33. The fourth-order valence-corrected chi connectivity index (χ4v) is 3.41. The lowest BCUT2D eigenvalue weighted by molar-refractivity contribution is 0.0677. The average Bonchev–Trinajstić information content (AvgIpc) is 2.52. The van der Waals surface area contributed by atoms with Crippen LogP contribution in [0.4, 0.5) is 0 Å². The van der Waals surface area contributed by atoms with Gasteiger partial charge in [-0.2, -0.15) is 0 Å². The fraction of sp³-hybridized carbons (Fsp3) is 1.00. The van der Waals surface area contributed by atoms with Crippen LogP contribution < -0.4 is 0 Å². The number of aliphatic hydroxyl groups is 1. The van der Waals surface area contributed by atoms with Crippen molar-refractivity contribution in [1.82, 2.24) is 0 Å². The van der Waals surface area contributed by atoms with E-state index in [0.29, 0.717) is 11.8 Å². The highest BCUT2D eigenvalue weighted by Crippen LogP contribution is 2.54. The zero-order valence-corrected chi connectivity index (χ0v) is 6.57. The second-order valence-electron chi connectivity index (χ2n) is 4.33. The van der Waals surface area contributed by atoms with E-state index >= 15 is 0 Å². The van der Waals surface area contributed by atoms with Gasteiger partial charge < -0.3 is 9.84 Å². The molecule has 0 spiro atoms. The molecule has 2 aliphatic carbocycles. The third-order valence-electron chi connectivity index (χ3n) is 3.94. The van der Waals surface area contributed by atoms with Crippen LogP contribution in [0.15, 0.2) is 0 Å². The maximum atomic E-state index is 9.61. The molecule has 2 heteroatoms. The standard InChI is InChI=1S/C9H14O2/c10-9-2-5-1-6(9)8-4-11-3-7(5)8/h5-10H,1-4H2. The van der Waals surface area contributed by atoms with Crippen LogP contribution in [0.3, 0.4) is 0 Å². The van der Waals surface area contributed by atoms with E-state index in [0.717, 1.165) is 31.5 Å². The van der Waals surface area contributed by atoms with Gasteiger partial charge in [-0.25, -0.2) is 0 Å². The Morgan fingerprint density at radius 3 is 2.73 bits per heavy atom. The first-order valence-corrected chi connectivity index (χ1v) is 4.62. The molecule has 2 saturated carbocycles. The minimum Gasteiger partial charge on any atom is -0.393 e. The van der Waals surface area contributed by atoms with Gasteiger partial charge in [0.2, 0.25) is 0 Å². The van der Waals surface area contributed by atoms with Gasteiger partial charge in [-0.3, -0.25) is 0 Å². The van der Waals surface area contributed by atoms with Gasteiger partial charge in [0.15, 0.2) is 0 Å². The predicted molar refractivity (Wildman–Crippen MR) is 40.0 cm³/mol. The Hall–Kier alpha value is -0.0800. The van der Waals surface area contributed by atoms with E-state index in [1.165, 1.54) is 6.42 Å². The van der Waals surface area contributed by atoms with Crippen molar-refractivity contribution in [3.63, 3.8) is 0 Å². The summed E-state index contributed by atoms with van der Waals surface area (Å²) in [6.07, 6.45) is 2.33. The van der Waals surface area contributed by atoms with Crippen LogP contribution in [0.5, 0.6) is 0 Å². The summed E-state index contributed by atoms with van der Waals surface area (Å²) in [5.41, 5.74) is 0. The van der Waals surface area contributed by atoms with Gasteiger partial charge in [-0.1, -0.05) is 0 Å². The summed E-state index contributed by atoms with van der Waals surface area (Å²) in [5, 5.41) is 9.61. The van der Waals surface area contributed by atoms with Gasteiger partial charge >= 0.3 is 0 Å². The Bertz CT molecular complexity index is 180. The third kappa shape index (κ3) is 0.695. The molecule has 0 aromatic rings. The summed E-state index contributed by atoms with van der Waals surface area (Å²) >= 11 is 0. The number of ether oxygens (including phenoxy) is 1. The molecule has 3 aliphatic rings. The fourth-order valence-electron chi connectivity index (χ4n) is 3.41. The normalized spacial score (nSPS) is 60.3. The lowest BCUT2D eigenvalue weighted by Crippen LogP contribution is -2.30. The summed E-state index contributed by atoms with van der Waals surface area (Å²) in [6, 6.07) is 0. The Morgan fingerprint density at radius 1 is 1.00 bits per heavy atom. The van der Waals surface area contributed by atoms with Gasteiger partial charge in [0.05, 0.1) is 19.3 Å². The van der Waals surface area contributed by atoms with Crippen LogP contribution in [0.2, 0.25) is 0 Å². The van der Waals surface area contributed by atoms with Crippen LogP contribution >= 0.6 is 0 Å². The highest BCUT2D eigenvalue weighted by Gasteiger charge is 2.54. The zero-order chi connectivity index (χ0) is 7.42. The molecule has 1 saturated heterocycles. The van der Waals surface area contributed by atoms with Crippen molar-refractivity contribution >= 4 is 0 Å². The Labute approximate surface area is 66.5 Å². The number of fused-ring (bicyclic) bond motifs is 5. The van der Waals surface area contributed by atoms with E-state index in [9.17, 15) is 5.11 Å². The molecular formula is C9H14O2. The quantitative estimate of drug-likeness (QED) is 0.555. The lowest BCUT2D eigenvalue weighted by Gasteiger charge is -2.26. The molecule has 5 unspecified atom stereocenters. The Kier molecular flexibility index (Phi) is 1.16. The van der Waals surface area contributed by atoms with Gasteiger partial charge in [0, 0.05) is 0 Å². The number of aliphatic hydroxyl groups excluding tert-OH is 1. The first-order chi connectivity index (χ1) is 5.36. The molecule has 1 N–H and O–H groups in total. The lowest BCUT2D eigenvalue weighted by atomic mass is 9.80. The second kappa shape index (κ2) is 1.99. The van der Waals surface area contributed by atoms with Crippen LogP contribution in [-0.2, 0) is 4.74 Å². The van der Waals surface area contributed by atoms with E-state index in [4.69, 9.17) is 4.74 Å². The van der Waals surface area contributed by atoms with Gasteiger partial charge in [-0.15, -0.1) is 0 Å². The Morgan fingerprint density at radius 2 is 1.82 bits per heavy atom. The minimum absolute atomic E-state index is 0.00273. The third-order valence-corrected chi connectivity index (χ3v) is 3.94. The van der Waals surface area contributed by atoms with E-state index in [2.05, 4.69) is 0 Å². The van der Waals surface area contributed by atoms with E-state index < -0.39 is 0 Å². The Balaban J connectivity index is 1.90. The van der Waals surface area contributed by atoms with Crippen LogP contribution in [-0.4, -0.2) is 24.4 Å². The van der Waals surface area contributed by atoms with E-state index in [-0.39, 0.29) is 6.10 Å². The highest BCUT2D eigenvalue weighted by molar-refractivity contribution is 5.02. The molecule has 3 fully saturated rings. The molecule has 2 bridgehead atoms. The smallest absolute Gasteiger partial charge is 0.0574 e. The molecule has 3 rings (SSSR count). The first kappa shape index (κ1) is 6.44. The molecule has 0 radical (unpaired) electrons. The van der Waals surface area contributed by atoms with Crippen LogP contribution in [0, 0.1) is 23.7 Å². The van der Waals surface area contributed by atoms with Gasteiger partial charge in [0.1, 0.15) is 0 Å². The van der Waals surface area contributed by atoms with Crippen LogP contribution in [0.1, 0.15) is 12.8 Å². The summed E-state index contributed by atoms with van der Waals surface area (Å²) < 4.78 is 5.43. The van der Waals surface area contributed by atoms with Crippen molar-refractivity contribution in [2.24, 2.45) is 23.7 Å². The molecule has 1 aliphatic heterocycles. The SMILES string of the molecule is OC1CC2CC1C1COCC21. The number of hydrogen-bond acceptors (Lipinski definition) is 2. The zero-order valence-electron chi connectivity index (χ0n) is 6.57. The molecule has 11 heavy (non-hydrogen) atoms. The predicted octanol–water partition coefficient (Wildman–Crippen LogP) is 0.650. The van der Waals surface area contributed by atoms with E-state index in [1.807, 2.05) is 0 Å². The summed E-state index contributed by atoms with van der Waals surface area (Å²) in [7, 11) is 0. The summed E-state index contributed by atoms with van der Waals surface area (Å²) in [5.74, 6) is 2.90.